The van der Waals surface area contributed by atoms with Crippen molar-refractivity contribution in [3.05, 3.63) is 76.2 Å². The minimum Gasteiger partial charge on any atom is -0.300 e. The molecular weight excluding hydrogens is 330 g/mol. The van der Waals surface area contributed by atoms with Gasteiger partial charge >= 0.3 is 0 Å². The molecule has 2 aromatic rings. The number of carbonyl (C=O) groups is 1. The Morgan fingerprint density at radius 3 is 2.52 bits per heavy atom. The number of amides is 1. The van der Waals surface area contributed by atoms with E-state index in [9.17, 15) is 4.79 Å². The summed E-state index contributed by atoms with van der Waals surface area (Å²) in [5, 5.41) is 11.4. The van der Waals surface area contributed by atoms with Crippen LogP contribution in [-0.2, 0) is 4.79 Å². The van der Waals surface area contributed by atoms with Crippen molar-refractivity contribution in [1.29, 1.82) is 5.26 Å². The third kappa shape index (κ3) is 4.25. The molecule has 1 N–H and O–H groups in total. The minimum atomic E-state index is -0.233. The SMILES string of the molecule is CC(=Cc1ccccc1)c1ccc(/C=C2/SC(=NC#N)NC2=O)cc1. The van der Waals surface area contributed by atoms with E-state index in [4.69, 9.17) is 5.26 Å². The highest BCUT2D eigenvalue weighted by atomic mass is 32.2. The van der Waals surface area contributed by atoms with Crippen molar-refractivity contribution in [2.45, 2.75) is 6.92 Å². The van der Waals surface area contributed by atoms with Crippen molar-refractivity contribution in [3.63, 3.8) is 0 Å². The van der Waals surface area contributed by atoms with Crippen molar-refractivity contribution in [1.82, 2.24) is 5.32 Å². The van der Waals surface area contributed by atoms with Gasteiger partial charge in [0.05, 0.1) is 4.91 Å². The number of allylic oxidation sites excluding steroid dienone is 1. The van der Waals surface area contributed by atoms with Gasteiger partial charge in [0.2, 0.25) is 6.19 Å². The number of amidine groups is 1. The lowest BCUT2D eigenvalue weighted by atomic mass is 10.0. The number of hydrogen-bond donors (Lipinski definition) is 1. The second-order valence-electron chi connectivity index (χ2n) is 5.44. The van der Waals surface area contributed by atoms with Gasteiger partial charge in [-0.1, -0.05) is 60.7 Å². The quantitative estimate of drug-likeness (QED) is 0.513. The average molecular weight is 345 g/mol. The summed E-state index contributed by atoms with van der Waals surface area (Å²) in [4.78, 5) is 15.9. The molecule has 1 heterocycles. The van der Waals surface area contributed by atoms with Crippen LogP contribution in [-0.4, -0.2) is 11.1 Å². The standard InChI is InChI=1S/C20H15N3OS/c1-14(11-15-5-3-2-4-6-15)17-9-7-16(8-10-17)12-18-19(24)23-20(25-18)22-13-21/h2-12H,1H3,(H,22,23,24)/b14-11?,18-12+. The summed E-state index contributed by atoms with van der Waals surface area (Å²) in [6, 6.07) is 18.2. The Morgan fingerprint density at radius 1 is 1.12 bits per heavy atom. The number of hydrogen-bond acceptors (Lipinski definition) is 4. The van der Waals surface area contributed by atoms with Gasteiger partial charge in [0.25, 0.3) is 5.91 Å². The zero-order chi connectivity index (χ0) is 17.6. The number of nitriles is 1. The number of nitrogens with one attached hydrogen (secondary N) is 1. The Morgan fingerprint density at radius 2 is 1.84 bits per heavy atom. The molecule has 122 valence electrons. The highest BCUT2D eigenvalue weighted by Gasteiger charge is 2.23. The molecule has 0 aliphatic carbocycles. The molecule has 4 nitrogen and oxygen atoms in total. The van der Waals surface area contributed by atoms with Gasteiger partial charge in [0.1, 0.15) is 0 Å². The third-order valence-electron chi connectivity index (χ3n) is 3.65. The van der Waals surface area contributed by atoms with Crippen molar-refractivity contribution in [2.75, 3.05) is 0 Å². The zero-order valence-electron chi connectivity index (χ0n) is 13.6. The number of benzene rings is 2. The molecule has 1 aliphatic rings. The molecule has 1 amide bonds. The van der Waals surface area contributed by atoms with Gasteiger partial charge in [-0.3, -0.25) is 10.1 Å². The molecule has 5 heteroatoms. The van der Waals surface area contributed by atoms with Crippen molar-refractivity contribution in [3.8, 4) is 6.19 Å². The first kappa shape index (κ1) is 16.7. The number of aliphatic imine (C=N–C) groups is 1. The Hall–Kier alpha value is -3.10. The summed E-state index contributed by atoms with van der Waals surface area (Å²) in [6.45, 7) is 2.07. The van der Waals surface area contributed by atoms with E-state index in [1.165, 1.54) is 17.3 Å². The van der Waals surface area contributed by atoms with Crippen LogP contribution in [0.1, 0.15) is 23.6 Å². The number of nitrogens with zero attached hydrogens (tertiary/aromatic N) is 2. The van der Waals surface area contributed by atoms with Crippen LogP contribution >= 0.6 is 11.8 Å². The van der Waals surface area contributed by atoms with Crippen LogP contribution in [0.15, 0.2) is 64.5 Å². The second-order valence-corrected chi connectivity index (χ2v) is 6.47. The predicted molar refractivity (Wildman–Crippen MR) is 103 cm³/mol. The molecule has 0 radical (unpaired) electrons. The molecule has 1 saturated heterocycles. The highest BCUT2D eigenvalue weighted by Crippen LogP contribution is 2.26. The molecule has 0 bridgehead atoms. The minimum absolute atomic E-state index is 0.233. The van der Waals surface area contributed by atoms with Gasteiger partial charge in [-0.25, -0.2) is 0 Å². The van der Waals surface area contributed by atoms with Gasteiger partial charge < -0.3 is 0 Å². The maximum Gasteiger partial charge on any atom is 0.264 e. The first-order valence-electron chi connectivity index (χ1n) is 7.67. The van der Waals surface area contributed by atoms with Crippen LogP contribution in [0, 0.1) is 11.5 Å². The summed E-state index contributed by atoms with van der Waals surface area (Å²) in [5.74, 6) is -0.233. The van der Waals surface area contributed by atoms with Gasteiger partial charge in [-0.2, -0.15) is 5.26 Å². The normalized spacial score (nSPS) is 17.6. The molecular formula is C20H15N3OS. The van der Waals surface area contributed by atoms with Gasteiger partial charge in [-0.15, -0.1) is 4.99 Å². The van der Waals surface area contributed by atoms with Crippen LogP contribution in [0.25, 0.3) is 17.7 Å². The molecule has 0 unspecified atom stereocenters. The van der Waals surface area contributed by atoms with Gasteiger partial charge in [-0.05, 0) is 47.0 Å². The van der Waals surface area contributed by atoms with E-state index in [2.05, 4.69) is 35.4 Å². The lowest BCUT2D eigenvalue weighted by Gasteiger charge is -2.03. The first-order chi connectivity index (χ1) is 12.2. The summed E-state index contributed by atoms with van der Waals surface area (Å²) in [7, 11) is 0. The summed E-state index contributed by atoms with van der Waals surface area (Å²) < 4.78 is 0. The van der Waals surface area contributed by atoms with E-state index < -0.39 is 0 Å². The number of carbonyl (C=O) groups excluding carboxylic acids is 1. The van der Waals surface area contributed by atoms with E-state index in [0.717, 1.165) is 16.7 Å². The molecule has 0 aromatic heterocycles. The zero-order valence-corrected chi connectivity index (χ0v) is 14.4. The lowest BCUT2D eigenvalue weighted by Crippen LogP contribution is -2.19. The molecule has 25 heavy (non-hydrogen) atoms. The molecule has 1 fully saturated rings. The molecule has 3 rings (SSSR count). The molecule has 0 spiro atoms. The van der Waals surface area contributed by atoms with Crippen LogP contribution < -0.4 is 5.32 Å². The third-order valence-corrected chi connectivity index (χ3v) is 4.56. The van der Waals surface area contributed by atoms with E-state index >= 15 is 0 Å². The van der Waals surface area contributed by atoms with E-state index in [-0.39, 0.29) is 5.91 Å². The van der Waals surface area contributed by atoms with Crippen LogP contribution in [0.2, 0.25) is 0 Å². The predicted octanol–water partition coefficient (Wildman–Crippen LogP) is 4.29. The molecule has 1 aliphatic heterocycles. The molecule has 0 atom stereocenters. The maximum absolute atomic E-state index is 11.8. The summed E-state index contributed by atoms with van der Waals surface area (Å²) in [5.41, 5.74) is 4.38. The van der Waals surface area contributed by atoms with Gasteiger partial charge in [0.15, 0.2) is 5.17 Å². The van der Waals surface area contributed by atoms with Crippen LogP contribution in [0.3, 0.4) is 0 Å². The maximum atomic E-state index is 11.8. The van der Waals surface area contributed by atoms with Crippen molar-refractivity contribution in [2.24, 2.45) is 4.99 Å². The second kappa shape index (κ2) is 7.65. The fraction of sp³-hybridized carbons (Fsp3) is 0.0500. The topological polar surface area (TPSA) is 65.2 Å². The first-order valence-corrected chi connectivity index (χ1v) is 8.49. The van der Waals surface area contributed by atoms with E-state index in [0.29, 0.717) is 10.1 Å². The van der Waals surface area contributed by atoms with Crippen molar-refractivity contribution >= 4 is 40.6 Å². The lowest BCUT2D eigenvalue weighted by molar-refractivity contribution is -0.115. The summed E-state index contributed by atoms with van der Waals surface area (Å²) in [6.07, 6.45) is 5.60. The average Bonchev–Trinajstić information content (AvgIpc) is 2.96. The fourth-order valence-electron chi connectivity index (χ4n) is 2.40. The smallest absolute Gasteiger partial charge is 0.264 e. The molecule has 0 saturated carbocycles. The fourth-order valence-corrected chi connectivity index (χ4v) is 3.18. The highest BCUT2D eigenvalue weighted by molar-refractivity contribution is 8.18. The molecule has 2 aromatic carbocycles. The monoisotopic (exact) mass is 345 g/mol. The van der Waals surface area contributed by atoms with E-state index in [1.54, 1.807) is 12.3 Å². The Labute approximate surface area is 150 Å². The summed E-state index contributed by atoms with van der Waals surface area (Å²) >= 11 is 1.17. The van der Waals surface area contributed by atoms with Crippen molar-refractivity contribution < 1.29 is 4.79 Å². The largest absolute Gasteiger partial charge is 0.300 e. The van der Waals surface area contributed by atoms with E-state index in [1.807, 2.05) is 42.5 Å². The Kier molecular flexibility index (Phi) is 5.12. The number of thioether (sulfide) groups is 1. The Balaban J connectivity index is 1.78. The van der Waals surface area contributed by atoms with Gasteiger partial charge in [0, 0.05) is 0 Å². The number of rotatable bonds is 3. The van der Waals surface area contributed by atoms with Crippen LogP contribution in [0.4, 0.5) is 0 Å². The van der Waals surface area contributed by atoms with Crippen LogP contribution in [0.5, 0.6) is 0 Å². The Bertz CT molecular complexity index is 920.